The van der Waals surface area contributed by atoms with Crippen LogP contribution in [0, 0.1) is 13.8 Å². The van der Waals surface area contributed by atoms with Crippen LogP contribution in [0.2, 0.25) is 0 Å². The number of carbonyl (C=O) groups excluding carboxylic acids is 2. The lowest BCUT2D eigenvalue weighted by Gasteiger charge is -2.13. The monoisotopic (exact) mass is 352 g/mol. The van der Waals surface area contributed by atoms with Gasteiger partial charge in [-0.25, -0.2) is 4.79 Å². The molecule has 0 aliphatic heterocycles. The van der Waals surface area contributed by atoms with E-state index >= 15 is 0 Å². The van der Waals surface area contributed by atoms with Gasteiger partial charge in [-0.1, -0.05) is 0 Å². The lowest BCUT2D eigenvalue weighted by Crippen LogP contribution is -2.35. The molecular formula is C19H32N2O4. The largest absolute Gasteiger partial charge is 0.461 e. The minimum absolute atomic E-state index is 0.00385. The van der Waals surface area contributed by atoms with Crippen LogP contribution in [0.15, 0.2) is 0 Å². The highest BCUT2D eigenvalue weighted by molar-refractivity contribution is 6.05. The third-order valence-electron chi connectivity index (χ3n) is 4.31. The van der Waals surface area contributed by atoms with Crippen LogP contribution >= 0.6 is 0 Å². The van der Waals surface area contributed by atoms with Crippen molar-refractivity contribution in [3.05, 3.63) is 22.5 Å². The predicted octanol–water partition coefficient (Wildman–Crippen LogP) is 2.89. The van der Waals surface area contributed by atoms with E-state index in [1.165, 1.54) is 0 Å². The van der Waals surface area contributed by atoms with Crippen molar-refractivity contribution < 1.29 is 19.1 Å². The molecule has 0 bridgehead atoms. The zero-order chi connectivity index (χ0) is 19.0. The summed E-state index contributed by atoms with van der Waals surface area (Å²) < 4.78 is 12.3. The standard InChI is InChI=1S/C19H32N2O4/c1-7-21-15(6)16(13(4)17(21)19(23)25-9-3)18(22)14(5)20-11-10-12-24-8-2/h14,20H,7-12H2,1-6H3. The van der Waals surface area contributed by atoms with Crippen LogP contribution < -0.4 is 5.32 Å². The first-order valence-corrected chi connectivity index (χ1v) is 9.12. The van der Waals surface area contributed by atoms with Crippen LogP contribution in [0.3, 0.4) is 0 Å². The predicted molar refractivity (Wildman–Crippen MR) is 98.4 cm³/mol. The topological polar surface area (TPSA) is 69.6 Å². The average Bonchev–Trinajstić information content (AvgIpc) is 2.84. The quantitative estimate of drug-likeness (QED) is 0.377. The van der Waals surface area contributed by atoms with Crippen molar-refractivity contribution in [3.8, 4) is 0 Å². The Kier molecular flexibility index (Phi) is 8.86. The SMILES string of the molecule is CCOCCCNC(C)C(=O)c1c(C)c(C(=O)OCC)n(CC)c1C. The highest BCUT2D eigenvalue weighted by Gasteiger charge is 2.28. The third-order valence-corrected chi connectivity index (χ3v) is 4.31. The fraction of sp³-hybridized carbons (Fsp3) is 0.684. The van der Waals surface area contributed by atoms with Gasteiger partial charge >= 0.3 is 5.97 Å². The number of carbonyl (C=O) groups is 2. The molecule has 0 aliphatic carbocycles. The van der Waals surface area contributed by atoms with Crippen molar-refractivity contribution in [3.63, 3.8) is 0 Å². The summed E-state index contributed by atoms with van der Waals surface area (Å²) in [7, 11) is 0. The van der Waals surface area contributed by atoms with Gasteiger partial charge in [-0.2, -0.15) is 0 Å². The molecule has 1 rings (SSSR count). The summed E-state index contributed by atoms with van der Waals surface area (Å²) in [4.78, 5) is 25.2. The van der Waals surface area contributed by atoms with Gasteiger partial charge in [0.15, 0.2) is 5.78 Å². The molecule has 0 saturated heterocycles. The Morgan fingerprint density at radius 3 is 2.40 bits per heavy atom. The molecule has 0 saturated carbocycles. The van der Waals surface area contributed by atoms with Gasteiger partial charge in [0.25, 0.3) is 0 Å². The van der Waals surface area contributed by atoms with Crippen molar-refractivity contribution in [2.45, 2.75) is 60.5 Å². The summed E-state index contributed by atoms with van der Waals surface area (Å²) >= 11 is 0. The summed E-state index contributed by atoms with van der Waals surface area (Å²) in [6, 6.07) is -0.318. The molecule has 0 spiro atoms. The first-order chi connectivity index (χ1) is 11.9. The highest BCUT2D eigenvalue weighted by atomic mass is 16.5. The van der Waals surface area contributed by atoms with Gasteiger partial charge in [-0.05, 0) is 60.1 Å². The van der Waals surface area contributed by atoms with E-state index in [2.05, 4.69) is 5.32 Å². The number of Topliss-reactive ketones (excluding diaryl/α,β-unsaturated/α-hetero) is 1. The number of hydrogen-bond donors (Lipinski definition) is 1. The van der Waals surface area contributed by atoms with Crippen LogP contribution in [0.4, 0.5) is 0 Å². The normalized spacial score (nSPS) is 12.2. The van der Waals surface area contributed by atoms with Crippen LogP contribution in [-0.2, 0) is 16.0 Å². The van der Waals surface area contributed by atoms with E-state index in [-0.39, 0.29) is 17.8 Å². The van der Waals surface area contributed by atoms with Gasteiger partial charge in [0.2, 0.25) is 0 Å². The molecule has 1 heterocycles. The number of esters is 1. The molecule has 6 heteroatoms. The van der Waals surface area contributed by atoms with Crippen LogP contribution in [-0.4, -0.2) is 48.7 Å². The molecule has 6 nitrogen and oxygen atoms in total. The number of nitrogens with zero attached hydrogens (tertiary/aromatic N) is 1. The van der Waals surface area contributed by atoms with Crippen LogP contribution in [0.5, 0.6) is 0 Å². The lowest BCUT2D eigenvalue weighted by atomic mass is 10.0. The second kappa shape index (κ2) is 10.4. The first-order valence-electron chi connectivity index (χ1n) is 9.12. The van der Waals surface area contributed by atoms with E-state index in [9.17, 15) is 9.59 Å². The molecule has 1 aromatic heterocycles. The maximum Gasteiger partial charge on any atom is 0.355 e. The Morgan fingerprint density at radius 2 is 1.84 bits per heavy atom. The van der Waals surface area contributed by atoms with E-state index in [1.54, 1.807) is 6.92 Å². The molecular weight excluding hydrogens is 320 g/mol. The Morgan fingerprint density at radius 1 is 1.16 bits per heavy atom. The maximum absolute atomic E-state index is 12.9. The van der Waals surface area contributed by atoms with Gasteiger partial charge in [0, 0.05) is 31.0 Å². The first kappa shape index (κ1) is 21.4. The Labute approximate surface area is 150 Å². The van der Waals surface area contributed by atoms with E-state index in [0.717, 1.165) is 12.1 Å². The third kappa shape index (κ3) is 5.16. The summed E-state index contributed by atoms with van der Waals surface area (Å²) in [5.74, 6) is -0.370. The number of nitrogens with one attached hydrogen (secondary N) is 1. The summed E-state index contributed by atoms with van der Waals surface area (Å²) in [6.07, 6.45) is 0.855. The number of hydrogen-bond acceptors (Lipinski definition) is 5. The average molecular weight is 352 g/mol. The maximum atomic E-state index is 12.9. The van der Waals surface area contributed by atoms with Crippen molar-refractivity contribution in [1.82, 2.24) is 9.88 Å². The molecule has 0 amide bonds. The van der Waals surface area contributed by atoms with Crippen molar-refractivity contribution in [2.24, 2.45) is 0 Å². The fourth-order valence-corrected chi connectivity index (χ4v) is 3.06. The Hall–Kier alpha value is -1.66. The lowest BCUT2D eigenvalue weighted by molar-refractivity contribution is 0.0512. The van der Waals surface area contributed by atoms with Gasteiger partial charge in [-0.3, -0.25) is 4.79 Å². The second-order valence-corrected chi connectivity index (χ2v) is 5.99. The van der Waals surface area contributed by atoms with Crippen molar-refractivity contribution in [2.75, 3.05) is 26.4 Å². The zero-order valence-corrected chi connectivity index (χ0v) is 16.4. The Bertz CT molecular complexity index is 593. The molecule has 0 fully saturated rings. The fourth-order valence-electron chi connectivity index (χ4n) is 3.06. The van der Waals surface area contributed by atoms with Crippen molar-refractivity contribution >= 4 is 11.8 Å². The molecule has 0 aliphatic rings. The van der Waals surface area contributed by atoms with Gasteiger partial charge in [0.1, 0.15) is 5.69 Å². The summed E-state index contributed by atoms with van der Waals surface area (Å²) in [5.41, 5.74) is 2.62. The van der Waals surface area contributed by atoms with Crippen LogP contribution in [0.1, 0.15) is 66.2 Å². The summed E-state index contributed by atoms with van der Waals surface area (Å²) in [6.45, 7) is 14.3. The number of ether oxygens (including phenoxy) is 2. The van der Waals surface area contributed by atoms with Gasteiger partial charge in [-0.15, -0.1) is 0 Å². The minimum Gasteiger partial charge on any atom is -0.461 e. The second-order valence-electron chi connectivity index (χ2n) is 5.99. The van der Waals surface area contributed by atoms with Crippen molar-refractivity contribution in [1.29, 1.82) is 0 Å². The minimum atomic E-state index is -0.374. The van der Waals surface area contributed by atoms with E-state index in [4.69, 9.17) is 9.47 Å². The van der Waals surface area contributed by atoms with E-state index in [1.807, 2.05) is 39.2 Å². The smallest absolute Gasteiger partial charge is 0.355 e. The number of aromatic nitrogens is 1. The number of ketones is 1. The number of rotatable bonds is 11. The zero-order valence-electron chi connectivity index (χ0n) is 16.4. The molecule has 0 aromatic carbocycles. The molecule has 25 heavy (non-hydrogen) atoms. The molecule has 1 unspecified atom stereocenters. The molecule has 1 atom stereocenters. The molecule has 0 radical (unpaired) electrons. The van der Waals surface area contributed by atoms with E-state index < -0.39 is 0 Å². The van der Waals surface area contributed by atoms with E-state index in [0.29, 0.717) is 49.7 Å². The van der Waals surface area contributed by atoms with Gasteiger partial charge in [0.05, 0.1) is 12.6 Å². The van der Waals surface area contributed by atoms with Crippen LogP contribution in [0.25, 0.3) is 0 Å². The van der Waals surface area contributed by atoms with Gasteiger partial charge < -0.3 is 19.4 Å². The molecule has 1 aromatic rings. The molecule has 1 N–H and O–H groups in total. The highest BCUT2D eigenvalue weighted by Crippen LogP contribution is 2.24. The summed E-state index contributed by atoms with van der Waals surface area (Å²) in [5, 5.41) is 3.24. The Balaban J connectivity index is 2.96. The molecule has 142 valence electrons.